The number of nitrogens with two attached hydrogens (primary N) is 2. The molecule has 11 N–H and O–H groups in total. The molecule has 4 saturated heterocycles. The fraction of sp³-hybridized carbons (Fsp3) is 0.671. The van der Waals surface area contributed by atoms with Crippen LogP contribution in [0.5, 0.6) is 0 Å². The van der Waals surface area contributed by atoms with Gasteiger partial charge in [0.1, 0.15) is 37.3 Å². The first-order chi connectivity index (χ1) is 56.9. The molecular formula is C70H99N9O42. The lowest BCUT2D eigenvalue weighted by atomic mass is 10.0. The molecule has 0 aromatic carbocycles. The maximum Gasteiger partial charge on any atom is 0.325 e. The van der Waals surface area contributed by atoms with E-state index < -0.39 is 326 Å². The number of esters is 13. The van der Waals surface area contributed by atoms with Crippen LogP contribution in [0.1, 0.15) is 95.9 Å². The van der Waals surface area contributed by atoms with Gasteiger partial charge in [0, 0.05) is 89.5 Å². The largest absolute Gasteiger partial charge is 0.460 e. The number of nitrogens with one attached hydrogen (secondary N) is 7. The van der Waals surface area contributed by atoms with Gasteiger partial charge in [-0.05, 0) is 6.42 Å². The van der Waals surface area contributed by atoms with Crippen molar-refractivity contribution in [2.75, 3.05) is 85.6 Å². The fourth-order valence-electron chi connectivity index (χ4n) is 11.3. The maximum absolute atomic E-state index is 14.5. The SMILES string of the molecule is CC(=O)O[C@@H]1[C@@H](OC(C)=O)[C@H](OC[C@H](NC(=O)CNC(=O)[C@H](CO[C@@H]2OC[C@@H](OC(C)=O)[C@H](OC(C)=O)[C@H]2OC(C)=O)NC(=O)CNC(=O)[C@@H](N)CO[C@@H]2OC[C@@H](OC(C)=O)[C@H](OC(C)=O)[C@H]2OC(C)=O)C(=O)NCC(=O)N[C@@H](CO[C@@H]2OC[C@@H](OC(C)=O)[C@H](OC(C)=O)[C@H]2OC(C)=O)C(=O)NCC(=O)OC/C=C/CCC(N)=O)OC[C@H]1OC(C)=O. The zero-order chi connectivity index (χ0) is 90.5. The summed E-state index contributed by atoms with van der Waals surface area (Å²) < 4.78 is 115. The fourth-order valence-corrected chi connectivity index (χ4v) is 11.3. The smallest absolute Gasteiger partial charge is 0.325 e. The van der Waals surface area contributed by atoms with Gasteiger partial charge >= 0.3 is 77.6 Å². The Morgan fingerprint density at radius 1 is 0.322 bits per heavy atom. The Morgan fingerprint density at radius 3 is 0.818 bits per heavy atom. The molecule has 4 heterocycles. The van der Waals surface area contributed by atoms with E-state index in [0.717, 1.165) is 83.1 Å². The number of hydrogen-bond donors (Lipinski definition) is 9. The summed E-state index contributed by atoms with van der Waals surface area (Å²) in [7, 11) is 0. The van der Waals surface area contributed by atoms with Gasteiger partial charge < -0.3 is 148 Å². The summed E-state index contributed by atoms with van der Waals surface area (Å²) in [6, 6.07) is -7.83. The van der Waals surface area contributed by atoms with E-state index in [4.69, 9.17) is 111 Å². The standard InChI is InChI=1S/C70H99N9O42/c1-30(80)110-46-26-106-67(59(118-38(9)88)55(46)114-34(5)84)102-22-42(71)63(97)73-18-51(93)77-43(23-103-68-60(119-39(10)89)56(115-35(6)85)47(27-107-68)111-31(2)81)64(98)74-19-52(94)78-44(24-104-69-61(120-40(11)90)57(116-36(7)86)48(28-108-69)112-32(3)82)65(99)75-20-53(95)79-45(66(100)76-21-54(96)101-17-15-13-14-16-50(72)92)25-105-70-62(121-41(12)91)58(117-37(8)87)49(29-109-70)113-33(4)83/h13,15,42-49,55-62,67-70H,14,16-29,71H2,1-12H3,(H2,72,92)(H,73,97)(H,74,98)(H,75,99)(H,76,100)(H,77,93)(H,78,94)(H,79,95)/b15-13+/t42-,43-,44-,45-,46+,47+,48+,49+,55-,56-,57-,58-,59+,60+,61+,62+,67+,68+,69+,70+/m0/s1. The second-order valence-corrected chi connectivity index (χ2v) is 26.3. The van der Waals surface area contributed by atoms with Crippen LogP contribution in [0.3, 0.4) is 0 Å². The van der Waals surface area contributed by atoms with Crippen LogP contribution >= 0.6 is 0 Å². The minimum absolute atomic E-state index is 0.0243. The van der Waals surface area contributed by atoms with Crippen molar-refractivity contribution in [3.8, 4) is 0 Å². The molecule has 0 spiro atoms. The number of rotatable bonds is 44. The highest BCUT2D eigenvalue weighted by Gasteiger charge is 2.53. The van der Waals surface area contributed by atoms with E-state index in [2.05, 4.69) is 37.2 Å². The van der Waals surface area contributed by atoms with E-state index >= 15 is 0 Å². The molecule has 4 fully saturated rings. The molecule has 4 aliphatic rings. The van der Waals surface area contributed by atoms with Crippen LogP contribution in [-0.4, -0.2) is 333 Å². The van der Waals surface area contributed by atoms with Gasteiger partial charge in [-0.2, -0.15) is 0 Å². The molecule has 0 radical (unpaired) electrons. The maximum atomic E-state index is 14.5. The molecule has 0 saturated carbocycles. The van der Waals surface area contributed by atoms with Gasteiger partial charge in [-0.25, -0.2) is 0 Å². The summed E-state index contributed by atoms with van der Waals surface area (Å²) in [5.74, 6) is -22.1. The second-order valence-electron chi connectivity index (χ2n) is 26.3. The van der Waals surface area contributed by atoms with Crippen molar-refractivity contribution < 1.29 is 200 Å². The van der Waals surface area contributed by atoms with Crippen molar-refractivity contribution in [3.05, 3.63) is 12.2 Å². The van der Waals surface area contributed by atoms with Crippen LogP contribution in [0.4, 0.5) is 0 Å². The molecule has 0 aliphatic carbocycles. The Kier molecular flexibility index (Phi) is 42.8. The third-order valence-corrected chi connectivity index (χ3v) is 16.0. The molecule has 0 unspecified atom stereocenters. The Labute approximate surface area is 688 Å². The minimum atomic E-state index is -2.11. The van der Waals surface area contributed by atoms with Crippen molar-refractivity contribution in [2.45, 2.75) is 219 Å². The van der Waals surface area contributed by atoms with Crippen LogP contribution in [0.25, 0.3) is 0 Å². The monoisotopic (exact) mass is 1740 g/mol. The number of carbonyl (C=O) groups is 21. The van der Waals surface area contributed by atoms with Crippen molar-refractivity contribution in [1.82, 2.24) is 37.2 Å². The topological polar surface area (TPSA) is 689 Å². The van der Waals surface area contributed by atoms with Crippen LogP contribution < -0.4 is 48.7 Å². The van der Waals surface area contributed by atoms with Crippen molar-refractivity contribution in [1.29, 1.82) is 0 Å². The Bertz CT molecular complexity index is 3750. The average molecular weight is 1740 g/mol. The van der Waals surface area contributed by atoms with E-state index in [0.29, 0.717) is 0 Å². The normalized spacial score (nSPS) is 24.5. The van der Waals surface area contributed by atoms with Crippen molar-refractivity contribution in [3.63, 3.8) is 0 Å². The van der Waals surface area contributed by atoms with E-state index in [9.17, 15) is 101 Å². The molecule has 8 amide bonds. The van der Waals surface area contributed by atoms with E-state index in [1.807, 2.05) is 0 Å². The highest BCUT2D eigenvalue weighted by Crippen LogP contribution is 2.30. The first kappa shape index (κ1) is 102. The molecule has 4 rings (SSSR count). The van der Waals surface area contributed by atoms with Crippen LogP contribution in [0.2, 0.25) is 0 Å². The number of hydrogen-bond acceptors (Lipinski definition) is 43. The Morgan fingerprint density at radius 2 is 0.562 bits per heavy atom. The lowest BCUT2D eigenvalue weighted by Gasteiger charge is -2.40. The third kappa shape index (κ3) is 37.2. The summed E-state index contributed by atoms with van der Waals surface area (Å²) in [6.45, 7) is 0.654. The highest BCUT2D eigenvalue weighted by atomic mass is 16.8. The summed E-state index contributed by atoms with van der Waals surface area (Å²) >= 11 is 0. The molecule has 121 heavy (non-hydrogen) atoms. The van der Waals surface area contributed by atoms with Crippen molar-refractivity contribution in [2.24, 2.45) is 11.5 Å². The molecular weight excluding hydrogens is 1640 g/mol. The molecule has 0 aromatic rings. The zero-order valence-electron chi connectivity index (χ0n) is 67.6. The average Bonchev–Trinajstić information content (AvgIpc) is 0.822. The van der Waals surface area contributed by atoms with Gasteiger partial charge in [0.05, 0.1) is 72.5 Å². The lowest BCUT2D eigenvalue weighted by molar-refractivity contribution is -0.281. The number of allylic oxidation sites excluding steroid dienone is 1. The lowest BCUT2D eigenvalue weighted by Crippen LogP contribution is -2.60. The molecule has 676 valence electrons. The number of primary amides is 1. The predicted octanol–water partition coefficient (Wildman–Crippen LogP) is -8.73. The highest BCUT2D eigenvalue weighted by molar-refractivity contribution is 5.95. The first-order valence-corrected chi connectivity index (χ1v) is 36.7. The minimum Gasteiger partial charge on any atom is -0.460 e. The Balaban J connectivity index is 1.70. The molecule has 0 bridgehead atoms. The van der Waals surface area contributed by atoms with E-state index in [1.54, 1.807) is 0 Å². The van der Waals surface area contributed by atoms with Crippen molar-refractivity contribution >= 4 is 125 Å². The van der Waals surface area contributed by atoms with E-state index in [1.165, 1.54) is 12.2 Å². The first-order valence-electron chi connectivity index (χ1n) is 36.7. The summed E-state index contributed by atoms with van der Waals surface area (Å²) in [5.41, 5.74) is 11.2. The van der Waals surface area contributed by atoms with Gasteiger partial charge in [-0.3, -0.25) is 101 Å². The quantitative estimate of drug-likeness (QED) is 0.0155. The second kappa shape index (κ2) is 51.0. The summed E-state index contributed by atoms with van der Waals surface area (Å²) in [5, 5.41) is 15.4. The number of carbonyl (C=O) groups excluding carboxylic acids is 21. The summed E-state index contributed by atoms with van der Waals surface area (Å²) in [4.78, 5) is 270. The molecule has 51 nitrogen and oxygen atoms in total. The molecule has 51 heteroatoms. The third-order valence-electron chi connectivity index (χ3n) is 16.0. The number of amides is 8. The Hall–Kier alpha value is -11.8. The zero-order valence-corrected chi connectivity index (χ0v) is 67.6. The van der Waals surface area contributed by atoms with Gasteiger partial charge in [0.2, 0.25) is 47.3 Å². The van der Waals surface area contributed by atoms with E-state index in [-0.39, 0.29) is 19.4 Å². The van der Waals surface area contributed by atoms with Crippen LogP contribution in [0.15, 0.2) is 12.2 Å². The van der Waals surface area contributed by atoms with Gasteiger partial charge in [0.25, 0.3) is 0 Å². The molecule has 4 aliphatic heterocycles. The number of ether oxygens (including phenoxy) is 21. The predicted molar refractivity (Wildman–Crippen MR) is 384 cm³/mol. The van der Waals surface area contributed by atoms with Crippen LogP contribution in [0, 0.1) is 0 Å². The van der Waals surface area contributed by atoms with Gasteiger partial charge in [-0.1, -0.05) is 12.2 Å². The van der Waals surface area contributed by atoms with Crippen LogP contribution in [-0.2, 0) is 200 Å². The van der Waals surface area contributed by atoms with Gasteiger partial charge in [0.15, 0.2) is 98.4 Å². The van der Waals surface area contributed by atoms with Gasteiger partial charge in [-0.15, -0.1) is 0 Å². The molecule has 0 aromatic heterocycles. The molecule has 20 atom stereocenters. The summed E-state index contributed by atoms with van der Waals surface area (Å²) in [6.07, 6.45) is -23.2.